The Morgan fingerprint density at radius 3 is 2.76 bits per heavy atom. The number of rotatable bonds is 8. The van der Waals surface area contributed by atoms with Crippen LogP contribution in [0.4, 0.5) is 0 Å². The van der Waals surface area contributed by atoms with Crippen LogP contribution in [0.25, 0.3) is 11.0 Å². The maximum Gasteiger partial charge on any atom is 0.326 e. The molecule has 25 heavy (non-hydrogen) atoms. The zero-order valence-corrected chi connectivity index (χ0v) is 15.1. The van der Waals surface area contributed by atoms with E-state index in [0.717, 1.165) is 16.7 Å². The second-order valence-electron chi connectivity index (χ2n) is 6.05. The van der Waals surface area contributed by atoms with Crippen molar-refractivity contribution in [2.75, 3.05) is 21.1 Å². The number of nitrogens with zero attached hydrogens (tertiary/aromatic N) is 4. The highest BCUT2D eigenvalue weighted by Crippen LogP contribution is 2.19. The monoisotopic (exact) mass is 347 g/mol. The van der Waals surface area contributed by atoms with Crippen LogP contribution in [-0.2, 0) is 22.7 Å². The number of pyridine rings is 1. The lowest BCUT2D eigenvalue weighted by Crippen LogP contribution is -2.40. The van der Waals surface area contributed by atoms with E-state index in [0.29, 0.717) is 13.1 Å². The number of carbonyl (C=O) groups is 2. The molecule has 0 aromatic carbocycles. The minimum Gasteiger partial charge on any atom is -0.480 e. The molecule has 0 bridgehead atoms. The van der Waals surface area contributed by atoms with Gasteiger partial charge in [0.25, 0.3) is 0 Å². The van der Waals surface area contributed by atoms with Crippen LogP contribution < -0.4 is 5.43 Å². The highest BCUT2D eigenvalue weighted by Gasteiger charge is 2.22. The van der Waals surface area contributed by atoms with Crippen molar-refractivity contribution in [3.63, 3.8) is 0 Å². The number of aromatic nitrogens is 2. The number of aliphatic carboxylic acids is 1. The van der Waals surface area contributed by atoms with Gasteiger partial charge >= 0.3 is 5.97 Å². The molecule has 0 spiro atoms. The summed E-state index contributed by atoms with van der Waals surface area (Å²) in [5.41, 5.74) is 4.91. The van der Waals surface area contributed by atoms with E-state index in [9.17, 15) is 9.59 Å². The molecule has 1 atom stereocenters. The summed E-state index contributed by atoms with van der Waals surface area (Å²) < 4.78 is 2.01. The molecule has 8 nitrogen and oxygen atoms in total. The SMILES string of the molecule is CNN(C)Cc1cc2cccnc2n1CCC(=O)N(C)C(C)C(=O)O. The predicted octanol–water partition coefficient (Wildman–Crippen LogP) is 0.924. The summed E-state index contributed by atoms with van der Waals surface area (Å²) in [6.45, 7) is 2.60. The molecule has 0 saturated heterocycles. The summed E-state index contributed by atoms with van der Waals surface area (Å²) in [6, 6.07) is 5.08. The van der Waals surface area contributed by atoms with Crippen LogP contribution in [0.1, 0.15) is 19.0 Å². The van der Waals surface area contributed by atoms with E-state index >= 15 is 0 Å². The second-order valence-corrected chi connectivity index (χ2v) is 6.05. The lowest BCUT2D eigenvalue weighted by atomic mass is 10.2. The van der Waals surface area contributed by atoms with Gasteiger partial charge in [0.1, 0.15) is 11.7 Å². The molecular formula is C17H25N5O3. The Balaban J connectivity index is 2.20. The topological polar surface area (TPSA) is 90.7 Å². The summed E-state index contributed by atoms with van der Waals surface area (Å²) in [4.78, 5) is 29.0. The van der Waals surface area contributed by atoms with Crippen molar-refractivity contribution < 1.29 is 14.7 Å². The van der Waals surface area contributed by atoms with Gasteiger partial charge < -0.3 is 14.6 Å². The van der Waals surface area contributed by atoms with Crippen LogP contribution in [0.3, 0.4) is 0 Å². The minimum atomic E-state index is -1.01. The molecule has 136 valence electrons. The van der Waals surface area contributed by atoms with Crippen molar-refractivity contribution in [1.82, 2.24) is 24.9 Å². The van der Waals surface area contributed by atoms with E-state index in [4.69, 9.17) is 5.11 Å². The first-order valence-corrected chi connectivity index (χ1v) is 8.15. The molecule has 2 aromatic heterocycles. The Hall–Kier alpha value is -2.45. The van der Waals surface area contributed by atoms with Crippen LogP contribution in [0, 0.1) is 0 Å². The Morgan fingerprint density at radius 1 is 1.40 bits per heavy atom. The number of amides is 1. The highest BCUT2D eigenvalue weighted by molar-refractivity contribution is 5.83. The third-order valence-electron chi connectivity index (χ3n) is 4.40. The first-order chi connectivity index (χ1) is 11.8. The normalized spacial score (nSPS) is 12.5. The van der Waals surface area contributed by atoms with E-state index in [-0.39, 0.29) is 12.3 Å². The number of likely N-dealkylation sites (N-methyl/N-ethyl adjacent to an activating group) is 1. The zero-order valence-electron chi connectivity index (χ0n) is 15.1. The standard InChI is InChI=1S/C17H25N5O3/c1-12(17(24)25)21(4)15(23)7-9-22-14(11-20(3)18-2)10-13-6-5-8-19-16(13)22/h5-6,8,10,12,18H,7,9,11H2,1-4H3,(H,24,25). The molecule has 0 saturated carbocycles. The molecule has 1 unspecified atom stereocenters. The maximum absolute atomic E-state index is 12.3. The fourth-order valence-electron chi connectivity index (χ4n) is 2.61. The highest BCUT2D eigenvalue weighted by atomic mass is 16.4. The summed E-state index contributed by atoms with van der Waals surface area (Å²) in [5.74, 6) is -1.22. The Labute approximate surface area is 147 Å². The number of carboxylic acids is 1. The molecule has 0 aliphatic carbocycles. The molecule has 8 heteroatoms. The zero-order chi connectivity index (χ0) is 18.6. The van der Waals surface area contributed by atoms with Crippen molar-refractivity contribution in [2.45, 2.75) is 32.5 Å². The van der Waals surface area contributed by atoms with E-state index < -0.39 is 12.0 Å². The van der Waals surface area contributed by atoms with Crippen LogP contribution in [0.15, 0.2) is 24.4 Å². The van der Waals surface area contributed by atoms with Gasteiger partial charge in [-0.25, -0.2) is 14.8 Å². The van der Waals surface area contributed by atoms with Crippen LogP contribution in [-0.4, -0.2) is 63.6 Å². The van der Waals surface area contributed by atoms with Crippen LogP contribution >= 0.6 is 0 Å². The molecule has 0 aliphatic rings. The smallest absolute Gasteiger partial charge is 0.326 e. The molecule has 0 aliphatic heterocycles. The average molecular weight is 347 g/mol. The quantitative estimate of drug-likeness (QED) is 0.690. The van der Waals surface area contributed by atoms with E-state index in [1.807, 2.05) is 35.8 Å². The van der Waals surface area contributed by atoms with Crippen molar-refractivity contribution in [3.05, 3.63) is 30.1 Å². The fourth-order valence-corrected chi connectivity index (χ4v) is 2.61. The van der Waals surface area contributed by atoms with Crippen LogP contribution in [0.5, 0.6) is 0 Å². The number of hydrogen-bond donors (Lipinski definition) is 2. The summed E-state index contributed by atoms with van der Waals surface area (Å²) in [5, 5.41) is 12.0. The van der Waals surface area contributed by atoms with E-state index in [1.54, 1.807) is 6.20 Å². The number of aryl methyl sites for hydroxylation is 1. The van der Waals surface area contributed by atoms with Gasteiger partial charge in [-0.15, -0.1) is 0 Å². The molecule has 0 fully saturated rings. The largest absolute Gasteiger partial charge is 0.480 e. The van der Waals surface area contributed by atoms with Gasteiger partial charge in [-0.2, -0.15) is 0 Å². The Morgan fingerprint density at radius 2 is 2.12 bits per heavy atom. The lowest BCUT2D eigenvalue weighted by Gasteiger charge is -2.22. The minimum absolute atomic E-state index is 0.208. The van der Waals surface area contributed by atoms with Gasteiger partial charge in [-0.1, -0.05) is 0 Å². The first-order valence-electron chi connectivity index (χ1n) is 8.15. The van der Waals surface area contributed by atoms with Crippen molar-refractivity contribution >= 4 is 22.9 Å². The number of carbonyl (C=O) groups excluding carboxylic acids is 1. The van der Waals surface area contributed by atoms with E-state index in [1.165, 1.54) is 18.9 Å². The van der Waals surface area contributed by atoms with Gasteiger partial charge in [0.15, 0.2) is 0 Å². The fraction of sp³-hybridized carbons (Fsp3) is 0.471. The summed E-state index contributed by atoms with van der Waals surface area (Å²) >= 11 is 0. The molecule has 2 N–H and O–H groups in total. The molecule has 2 rings (SSSR count). The van der Waals surface area contributed by atoms with Gasteiger partial charge in [0, 0.05) is 44.3 Å². The number of carboxylic acid groups (broad SMARTS) is 1. The molecule has 2 heterocycles. The number of hydrazine groups is 1. The number of nitrogens with one attached hydrogen (secondary N) is 1. The summed E-state index contributed by atoms with van der Waals surface area (Å²) in [6.07, 6.45) is 1.94. The average Bonchev–Trinajstić information content (AvgIpc) is 2.94. The lowest BCUT2D eigenvalue weighted by molar-refractivity contribution is -0.148. The van der Waals surface area contributed by atoms with Gasteiger partial charge in [-0.3, -0.25) is 10.2 Å². The molecule has 1 amide bonds. The van der Waals surface area contributed by atoms with Gasteiger partial charge in [0.2, 0.25) is 5.91 Å². The Kier molecular flexibility index (Phi) is 6.11. The number of hydrogen-bond acceptors (Lipinski definition) is 5. The maximum atomic E-state index is 12.3. The van der Waals surface area contributed by atoms with Crippen molar-refractivity contribution in [3.8, 4) is 0 Å². The molecule has 0 radical (unpaired) electrons. The predicted molar refractivity (Wildman–Crippen MR) is 94.7 cm³/mol. The van der Waals surface area contributed by atoms with Gasteiger partial charge in [0.05, 0.1) is 6.54 Å². The first kappa shape index (κ1) is 18.9. The third kappa shape index (κ3) is 4.34. The molecule has 2 aromatic rings. The molecular weight excluding hydrogens is 322 g/mol. The van der Waals surface area contributed by atoms with E-state index in [2.05, 4.69) is 16.5 Å². The van der Waals surface area contributed by atoms with Crippen molar-refractivity contribution in [1.29, 1.82) is 0 Å². The van der Waals surface area contributed by atoms with Crippen molar-refractivity contribution in [2.24, 2.45) is 0 Å². The third-order valence-corrected chi connectivity index (χ3v) is 4.40. The second kappa shape index (κ2) is 8.09. The van der Waals surface area contributed by atoms with Gasteiger partial charge in [-0.05, 0) is 32.2 Å². The number of fused-ring (bicyclic) bond motifs is 1. The van der Waals surface area contributed by atoms with Crippen LogP contribution in [0.2, 0.25) is 0 Å². The Bertz CT molecular complexity index is 758. The summed E-state index contributed by atoms with van der Waals surface area (Å²) in [7, 11) is 5.29.